The molecular weight excluding hydrogens is 272 g/mol. The molecule has 0 aliphatic carbocycles. The van der Waals surface area contributed by atoms with Crippen molar-refractivity contribution in [3.8, 4) is 5.69 Å². The lowest BCUT2D eigenvalue weighted by atomic mass is 10.3. The Bertz CT molecular complexity index is 848. The fourth-order valence-electron chi connectivity index (χ4n) is 2.64. The SMILES string of the molecule is O=c1ccn2ncc(-n3cc(N4CCC(O)C4)cn3)c2[nH]1. The van der Waals surface area contributed by atoms with Crippen LogP contribution in [0.3, 0.4) is 0 Å². The zero-order valence-corrected chi connectivity index (χ0v) is 11.2. The Balaban J connectivity index is 1.74. The van der Waals surface area contributed by atoms with Gasteiger partial charge in [-0.3, -0.25) is 4.79 Å². The quantitative estimate of drug-likeness (QED) is 0.679. The van der Waals surface area contributed by atoms with E-state index in [1.54, 1.807) is 27.8 Å². The topological polar surface area (TPSA) is 91.5 Å². The zero-order chi connectivity index (χ0) is 14.4. The summed E-state index contributed by atoms with van der Waals surface area (Å²) in [6.45, 7) is 1.44. The summed E-state index contributed by atoms with van der Waals surface area (Å²) in [6.07, 6.45) is 7.39. The summed E-state index contributed by atoms with van der Waals surface area (Å²) >= 11 is 0. The van der Waals surface area contributed by atoms with Crippen molar-refractivity contribution in [1.29, 1.82) is 0 Å². The minimum Gasteiger partial charge on any atom is -0.391 e. The van der Waals surface area contributed by atoms with Crippen molar-refractivity contribution >= 4 is 11.3 Å². The van der Waals surface area contributed by atoms with E-state index in [-0.39, 0.29) is 11.7 Å². The van der Waals surface area contributed by atoms with Crippen molar-refractivity contribution in [1.82, 2.24) is 24.4 Å². The molecule has 21 heavy (non-hydrogen) atoms. The largest absolute Gasteiger partial charge is 0.391 e. The first-order valence-corrected chi connectivity index (χ1v) is 6.75. The Morgan fingerprint density at radius 1 is 1.33 bits per heavy atom. The highest BCUT2D eigenvalue weighted by molar-refractivity contribution is 5.58. The van der Waals surface area contributed by atoms with Crippen molar-refractivity contribution in [2.45, 2.75) is 12.5 Å². The summed E-state index contributed by atoms with van der Waals surface area (Å²) in [5, 5.41) is 18.1. The molecule has 1 saturated heterocycles. The predicted octanol–water partition coefficient (Wildman–Crippen LogP) is -0.221. The standard InChI is InChI=1S/C13H14N6O2/c20-10-1-3-17(8-10)9-5-14-19(7-9)11-6-15-18-4-2-12(21)16-13(11)18/h2,4-7,10,20H,1,3,8H2,(H,16,21). The number of nitrogens with zero attached hydrogens (tertiary/aromatic N) is 5. The normalized spacial score (nSPS) is 18.7. The van der Waals surface area contributed by atoms with Gasteiger partial charge < -0.3 is 15.0 Å². The smallest absolute Gasteiger partial charge is 0.251 e. The number of H-pyrrole nitrogens is 1. The first-order valence-electron chi connectivity index (χ1n) is 6.75. The van der Waals surface area contributed by atoms with E-state index < -0.39 is 0 Å². The summed E-state index contributed by atoms with van der Waals surface area (Å²) < 4.78 is 3.27. The summed E-state index contributed by atoms with van der Waals surface area (Å²) in [4.78, 5) is 16.3. The Morgan fingerprint density at radius 3 is 3.05 bits per heavy atom. The Hall–Kier alpha value is -2.61. The Labute approximate surface area is 119 Å². The molecule has 1 aliphatic heterocycles. The minimum atomic E-state index is -0.276. The highest BCUT2D eigenvalue weighted by Crippen LogP contribution is 2.21. The van der Waals surface area contributed by atoms with Crippen LogP contribution < -0.4 is 10.5 Å². The molecule has 0 bridgehead atoms. The third-order valence-corrected chi connectivity index (χ3v) is 3.73. The number of aliphatic hydroxyl groups excluding tert-OH is 1. The highest BCUT2D eigenvalue weighted by atomic mass is 16.3. The lowest BCUT2D eigenvalue weighted by Crippen LogP contribution is -2.20. The van der Waals surface area contributed by atoms with Crippen molar-refractivity contribution in [3.63, 3.8) is 0 Å². The van der Waals surface area contributed by atoms with Crippen LogP contribution in [0.25, 0.3) is 11.3 Å². The molecule has 1 fully saturated rings. The molecule has 2 N–H and O–H groups in total. The number of β-amino-alcohol motifs (C(OH)–C–C–N with tert-alkyl or cyclic N) is 1. The van der Waals surface area contributed by atoms with E-state index in [0.29, 0.717) is 17.9 Å². The van der Waals surface area contributed by atoms with Gasteiger partial charge in [0.05, 0.1) is 30.4 Å². The van der Waals surface area contributed by atoms with Gasteiger partial charge in [-0.15, -0.1) is 0 Å². The fraction of sp³-hybridized carbons (Fsp3) is 0.308. The predicted molar refractivity (Wildman–Crippen MR) is 75.8 cm³/mol. The lowest BCUT2D eigenvalue weighted by Gasteiger charge is -2.14. The van der Waals surface area contributed by atoms with Gasteiger partial charge in [0, 0.05) is 25.4 Å². The minimum absolute atomic E-state index is 0.181. The lowest BCUT2D eigenvalue weighted by molar-refractivity contribution is 0.198. The van der Waals surface area contributed by atoms with Crippen LogP contribution in [-0.4, -0.2) is 48.7 Å². The second-order valence-corrected chi connectivity index (χ2v) is 5.16. The second kappa shape index (κ2) is 4.45. The Kier molecular flexibility index (Phi) is 2.58. The molecule has 4 heterocycles. The van der Waals surface area contributed by atoms with Gasteiger partial charge in [0.15, 0.2) is 5.65 Å². The first kappa shape index (κ1) is 12.2. The van der Waals surface area contributed by atoms with Crippen molar-refractivity contribution in [3.05, 3.63) is 41.2 Å². The average Bonchev–Trinajstić information content (AvgIpc) is 3.16. The molecule has 3 aromatic heterocycles. The maximum atomic E-state index is 11.5. The van der Waals surface area contributed by atoms with Crippen LogP contribution in [0.15, 0.2) is 35.6 Å². The van der Waals surface area contributed by atoms with Gasteiger partial charge in [-0.25, -0.2) is 9.20 Å². The number of anilines is 1. The van der Waals surface area contributed by atoms with E-state index in [1.807, 2.05) is 6.20 Å². The van der Waals surface area contributed by atoms with Gasteiger partial charge in [0.2, 0.25) is 0 Å². The maximum Gasteiger partial charge on any atom is 0.251 e. The zero-order valence-electron chi connectivity index (χ0n) is 11.2. The number of nitrogens with one attached hydrogen (secondary N) is 1. The van der Waals surface area contributed by atoms with Crippen molar-refractivity contribution in [2.24, 2.45) is 0 Å². The second-order valence-electron chi connectivity index (χ2n) is 5.16. The number of fused-ring (bicyclic) bond motifs is 1. The van der Waals surface area contributed by atoms with Gasteiger partial charge in [-0.1, -0.05) is 0 Å². The van der Waals surface area contributed by atoms with E-state index >= 15 is 0 Å². The molecule has 0 amide bonds. The average molecular weight is 286 g/mol. The molecule has 0 aromatic carbocycles. The Morgan fingerprint density at radius 2 is 2.24 bits per heavy atom. The van der Waals surface area contributed by atoms with Crippen molar-refractivity contribution < 1.29 is 5.11 Å². The van der Waals surface area contributed by atoms with Gasteiger partial charge >= 0.3 is 0 Å². The van der Waals surface area contributed by atoms with E-state index in [2.05, 4.69) is 20.1 Å². The number of hydrogen-bond acceptors (Lipinski definition) is 5. The maximum absolute atomic E-state index is 11.5. The molecular formula is C13H14N6O2. The molecule has 4 rings (SSSR count). The first-order chi connectivity index (χ1) is 10.2. The summed E-state index contributed by atoms with van der Waals surface area (Å²) in [5.74, 6) is 0. The molecule has 0 radical (unpaired) electrons. The third-order valence-electron chi connectivity index (χ3n) is 3.73. The molecule has 108 valence electrons. The van der Waals surface area contributed by atoms with Gasteiger partial charge in [-0.05, 0) is 6.42 Å². The van der Waals surface area contributed by atoms with Gasteiger partial charge in [0.1, 0.15) is 5.69 Å². The van der Waals surface area contributed by atoms with E-state index in [9.17, 15) is 9.90 Å². The highest BCUT2D eigenvalue weighted by Gasteiger charge is 2.21. The monoisotopic (exact) mass is 286 g/mol. The molecule has 0 saturated carbocycles. The molecule has 8 nitrogen and oxygen atoms in total. The number of hydrogen-bond donors (Lipinski definition) is 2. The molecule has 1 unspecified atom stereocenters. The molecule has 1 aliphatic rings. The van der Waals surface area contributed by atoms with Crippen LogP contribution >= 0.6 is 0 Å². The van der Waals surface area contributed by atoms with Crippen LogP contribution in [-0.2, 0) is 0 Å². The number of aromatic nitrogens is 5. The van der Waals surface area contributed by atoms with Crippen LogP contribution in [0, 0.1) is 0 Å². The van der Waals surface area contributed by atoms with Crippen LogP contribution in [0.1, 0.15) is 6.42 Å². The van der Waals surface area contributed by atoms with Crippen LogP contribution in [0.2, 0.25) is 0 Å². The van der Waals surface area contributed by atoms with E-state index in [0.717, 1.165) is 18.7 Å². The molecule has 3 aromatic rings. The molecule has 0 spiro atoms. The molecule has 1 atom stereocenters. The van der Waals surface area contributed by atoms with E-state index in [1.165, 1.54) is 6.07 Å². The number of aliphatic hydroxyl groups is 1. The van der Waals surface area contributed by atoms with Crippen LogP contribution in [0.5, 0.6) is 0 Å². The number of aromatic amines is 1. The molecule has 8 heteroatoms. The van der Waals surface area contributed by atoms with Gasteiger partial charge in [-0.2, -0.15) is 10.2 Å². The van der Waals surface area contributed by atoms with Crippen molar-refractivity contribution in [2.75, 3.05) is 18.0 Å². The third kappa shape index (κ3) is 2.00. The fourth-order valence-corrected chi connectivity index (χ4v) is 2.64. The summed E-state index contributed by atoms with van der Waals surface area (Å²) in [5.41, 5.74) is 2.07. The number of rotatable bonds is 2. The summed E-state index contributed by atoms with van der Waals surface area (Å²) in [7, 11) is 0. The van der Waals surface area contributed by atoms with Crippen LogP contribution in [0.4, 0.5) is 5.69 Å². The van der Waals surface area contributed by atoms with E-state index in [4.69, 9.17) is 0 Å². The van der Waals surface area contributed by atoms with Gasteiger partial charge in [0.25, 0.3) is 5.56 Å². The summed E-state index contributed by atoms with van der Waals surface area (Å²) in [6, 6.07) is 1.42.